The summed E-state index contributed by atoms with van der Waals surface area (Å²) in [6.45, 7) is 1.88. The van der Waals surface area contributed by atoms with E-state index in [9.17, 15) is 9.59 Å². The van der Waals surface area contributed by atoms with Gasteiger partial charge in [0.15, 0.2) is 0 Å². The van der Waals surface area contributed by atoms with Crippen LogP contribution in [0.4, 0.5) is 0 Å². The molecule has 0 rings (SSSR count). The van der Waals surface area contributed by atoms with Gasteiger partial charge in [-0.2, -0.15) is 0 Å². The molecule has 0 amide bonds. The van der Waals surface area contributed by atoms with Crippen molar-refractivity contribution in [2.75, 3.05) is 20.7 Å². The van der Waals surface area contributed by atoms with Crippen molar-refractivity contribution >= 4 is 11.8 Å². The fourth-order valence-corrected chi connectivity index (χ4v) is 0.487. The van der Waals surface area contributed by atoms with E-state index in [1.54, 1.807) is 25.9 Å². The summed E-state index contributed by atoms with van der Waals surface area (Å²) in [4.78, 5) is 23.2. The Labute approximate surface area is 71.8 Å². The maximum atomic E-state index is 10.8. The maximum absolute atomic E-state index is 10.8. The van der Waals surface area contributed by atoms with Gasteiger partial charge in [0.2, 0.25) is 0 Å². The van der Waals surface area contributed by atoms with E-state index in [2.05, 4.69) is 4.74 Å². The van der Waals surface area contributed by atoms with Gasteiger partial charge in [-0.05, 0) is 6.92 Å². The minimum absolute atomic E-state index is 0.223. The molecule has 68 valence electrons. The summed E-state index contributed by atoms with van der Waals surface area (Å²) in [6.07, 6.45) is 2.68. The van der Waals surface area contributed by atoms with Gasteiger partial charge in [0, 0.05) is 26.4 Å². The van der Waals surface area contributed by atoms with Crippen LogP contribution >= 0.6 is 0 Å². The molecule has 4 heteroatoms. The number of carbonyl (C=O) groups excluding carboxylic acids is 2. The molecule has 0 spiro atoms. The quantitative estimate of drug-likeness (QED) is 0.344. The van der Waals surface area contributed by atoms with E-state index in [-0.39, 0.29) is 6.61 Å². The van der Waals surface area contributed by atoms with Gasteiger partial charge < -0.3 is 9.64 Å². The van der Waals surface area contributed by atoms with Crippen LogP contribution in [0.2, 0.25) is 0 Å². The number of ether oxygens (including phenoxy) is 1. The lowest BCUT2D eigenvalue weighted by atomic mass is 10.4. The Bertz CT molecular complexity index is 196. The number of nitrogens with zero attached hydrogens (tertiary/aromatic N) is 1. The number of rotatable bonds is 4. The molecule has 0 aromatic rings. The highest BCUT2D eigenvalue weighted by molar-refractivity contribution is 6.38. The van der Waals surface area contributed by atoms with Gasteiger partial charge in [-0.1, -0.05) is 0 Å². The van der Waals surface area contributed by atoms with Crippen LogP contribution in [0, 0.1) is 0 Å². The third-order valence-electron chi connectivity index (χ3n) is 1.00. The second-order valence-electron chi connectivity index (χ2n) is 2.36. The standard InChI is InChI=1S/C8H13NO3/c1-4-12-8(11)7(10)5-6-9(2)3/h5-6H,4H2,1-3H3/b6-5-. The van der Waals surface area contributed by atoms with Crippen LogP contribution in [-0.2, 0) is 14.3 Å². The molecule has 0 bridgehead atoms. The minimum Gasteiger partial charge on any atom is -0.460 e. The van der Waals surface area contributed by atoms with Crippen molar-refractivity contribution in [3.8, 4) is 0 Å². The van der Waals surface area contributed by atoms with Crippen LogP contribution in [-0.4, -0.2) is 37.4 Å². The highest BCUT2D eigenvalue weighted by atomic mass is 16.5. The first-order valence-electron chi connectivity index (χ1n) is 3.63. The van der Waals surface area contributed by atoms with Crippen molar-refractivity contribution in [2.45, 2.75) is 6.92 Å². The average molecular weight is 171 g/mol. The smallest absolute Gasteiger partial charge is 0.379 e. The summed E-state index contributed by atoms with van der Waals surface area (Å²) in [7, 11) is 3.52. The summed E-state index contributed by atoms with van der Waals surface area (Å²) in [5, 5.41) is 0. The van der Waals surface area contributed by atoms with Gasteiger partial charge in [0.25, 0.3) is 5.78 Å². The van der Waals surface area contributed by atoms with Crippen molar-refractivity contribution in [2.24, 2.45) is 0 Å². The average Bonchev–Trinajstić information content (AvgIpc) is 2.00. The molecule has 0 radical (unpaired) electrons. The second-order valence-corrected chi connectivity index (χ2v) is 2.36. The molecule has 0 heterocycles. The van der Waals surface area contributed by atoms with Crippen LogP contribution < -0.4 is 0 Å². The first-order valence-corrected chi connectivity index (χ1v) is 3.63. The van der Waals surface area contributed by atoms with Gasteiger partial charge in [-0.15, -0.1) is 0 Å². The van der Waals surface area contributed by atoms with Crippen molar-refractivity contribution in [1.82, 2.24) is 4.90 Å². The van der Waals surface area contributed by atoms with Crippen molar-refractivity contribution in [1.29, 1.82) is 0 Å². The van der Waals surface area contributed by atoms with Crippen LogP contribution in [0.3, 0.4) is 0 Å². The van der Waals surface area contributed by atoms with Crippen LogP contribution in [0.15, 0.2) is 12.3 Å². The van der Waals surface area contributed by atoms with E-state index >= 15 is 0 Å². The maximum Gasteiger partial charge on any atom is 0.379 e. The van der Waals surface area contributed by atoms with Crippen molar-refractivity contribution in [3.05, 3.63) is 12.3 Å². The first kappa shape index (κ1) is 10.7. The number of hydrogen-bond donors (Lipinski definition) is 0. The topological polar surface area (TPSA) is 46.6 Å². The Balaban J connectivity index is 3.95. The predicted octanol–water partition coefficient (Wildman–Crippen LogP) is 0.194. The predicted molar refractivity (Wildman–Crippen MR) is 44.5 cm³/mol. The monoisotopic (exact) mass is 171 g/mol. The highest BCUT2D eigenvalue weighted by Gasteiger charge is 2.09. The Hall–Kier alpha value is -1.32. The molecule has 0 unspecified atom stereocenters. The summed E-state index contributed by atoms with van der Waals surface area (Å²) in [5.41, 5.74) is 0. The molecule has 0 aromatic heterocycles. The molecule has 0 aliphatic heterocycles. The molecule has 0 saturated heterocycles. The summed E-state index contributed by atoms with van der Waals surface area (Å²) in [5.74, 6) is -1.44. The van der Waals surface area contributed by atoms with Crippen LogP contribution in [0.25, 0.3) is 0 Å². The zero-order valence-electron chi connectivity index (χ0n) is 7.53. The van der Waals surface area contributed by atoms with Crippen LogP contribution in [0.5, 0.6) is 0 Å². The van der Waals surface area contributed by atoms with Gasteiger partial charge in [-0.25, -0.2) is 4.79 Å². The molecular formula is C8H13NO3. The van der Waals surface area contributed by atoms with E-state index in [1.165, 1.54) is 12.3 Å². The number of carbonyl (C=O) groups is 2. The molecule has 0 aliphatic carbocycles. The second kappa shape index (κ2) is 5.35. The Morgan fingerprint density at radius 2 is 2.00 bits per heavy atom. The Morgan fingerprint density at radius 3 is 2.42 bits per heavy atom. The van der Waals surface area contributed by atoms with Gasteiger partial charge >= 0.3 is 5.97 Å². The zero-order chi connectivity index (χ0) is 9.56. The van der Waals surface area contributed by atoms with Gasteiger partial charge in [0.1, 0.15) is 0 Å². The fraction of sp³-hybridized carbons (Fsp3) is 0.500. The fourth-order valence-electron chi connectivity index (χ4n) is 0.487. The molecule has 0 aromatic carbocycles. The lowest BCUT2D eigenvalue weighted by Crippen LogP contribution is -2.15. The normalized spacial score (nSPS) is 9.92. The summed E-state index contributed by atoms with van der Waals surface area (Å²) in [6, 6.07) is 0. The van der Waals surface area contributed by atoms with Crippen molar-refractivity contribution in [3.63, 3.8) is 0 Å². The summed E-state index contributed by atoms with van der Waals surface area (Å²) >= 11 is 0. The minimum atomic E-state index is -0.810. The Kier molecular flexibility index (Phi) is 4.76. The van der Waals surface area contributed by atoms with E-state index in [1.807, 2.05) is 0 Å². The summed E-state index contributed by atoms with van der Waals surface area (Å²) < 4.78 is 4.48. The molecule has 4 nitrogen and oxygen atoms in total. The van der Waals surface area contributed by atoms with E-state index in [0.717, 1.165) is 0 Å². The SMILES string of the molecule is CCOC(=O)C(=O)/C=C\N(C)C. The molecule has 0 fully saturated rings. The van der Waals surface area contributed by atoms with Crippen molar-refractivity contribution < 1.29 is 14.3 Å². The lowest BCUT2D eigenvalue weighted by Gasteiger charge is -2.02. The third-order valence-corrected chi connectivity index (χ3v) is 1.00. The third kappa shape index (κ3) is 4.49. The molecule has 0 aliphatic rings. The van der Waals surface area contributed by atoms with Gasteiger partial charge in [-0.3, -0.25) is 4.79 Å². The molecule has 0 atom stereocenters. The molecule has 0 N–H and O–H groups in total. The van der Waals surface area contributed by atoms with Crippen LogP contribution in [0.1, 0.15) is 6.92 Å². The number of ketones is 1. The highest BCUT2D eigenvalue weighted by Crippen LogP contribution is 1.85. The molecule has 12 heavy (non-hydrogen) atoms. The Morgan fingerprint density at radius 1 is 1.42 bits per heavy atom. The van der Waals surface area contributed by atoms with E-state index in [4.69, 9.17) is 0 Å². The van der Waals surface area contributed by atoms with E-state index in [0.29, 0.717) is 0 Å². The van der Waals surface area contributed by atoms with Gasteiger partial charge in [0.05, 0.1) is 6.61 Å². The lowest BCUT2D eigenvalue weighted by molar-refractivity contribution is -0.151. The first-order chi connectivity index (χ1) is 5.57. The largest absolute Gasteiger partial charge is 0.460 e. The molecule has 0 saturated carbocycles. The zero-order valence-corrected chi connectivity index (χ0v) is 7.53. The number of hydrogen-bond acceptors (Lipinski definition) is 4. The number of esters is 1. The van der Waals surface area contributed by atoms with E-state index < -0.39 is 11.8 Å². The molecular weight excluding hydrogens is 158 g/mol.